The van der Waals surface area contributed by atoms with E-state index in [0.29, 0.717) is 19.8 Å². The van der Waals surface area contributed by atoms with Gasteiger partial charge in [-0.2, -0.15) is 0 Å². The quantitative estimate of drug-likeness (QED) is 0.103. The zero-order chi connectivity index (χ0) is 34.0. The highest BCUT2D eigenvalue weighted by molar-refractivity contribution is 5.53. The number of hydrogen-bond acceptors (Lipinski definition) is 3. The third-order valence-corrected chi connectivity index (χ3v) is 8.85. The lowest BCUT2D eigenvalue weighted by Gasteiger charge is -2.33. The molecule has 4 aromatic carbocycles. The summed E-state index contributed by atoms with van der Waals surface area (Å²) < 4.78 is 17.9. The molecule has 0 amide bonds. The molecule has 0 atom stereocenters. The van der Waals surface area contributed by atoms with Crippen molar-refractivity contribution >= 4 is 0 Å². The van der Waals surface area contributed by atoms with Gasteiger partial charge in [0.05, 0.1) is 0 Å². The number of rotatable bonds is 14. The van der Waals surface area contributed by atoms with Gasteiger partial charge in [-0.15, -0.1) is 0 Å². The lowest BCUT2D eigenvalue weighted by Crippen LogP contribution is -2.26. The standard InChI is InChI=1S/C44H52O3/c1-32(2)26-29-45-40-20-14-36(15-21-40)43(7,8)35-10-12-37(13-11-35)44(9,38-16-22-41(23-17-38)46-30-27-33(3)4)39-18-24-42(25-19-39)47-31-28-34(5)6/h10-28H,29-31H2,1-9H3. The molecule has 47 heavy (non-hydrogen) atoms. The van der Waals surface area contributed by atoms with Crippen LogP contribution < -0.4 is 14.2 Å². The maximum absolute atomic E-state index is 5.99. The molecule has 4 aromatic rings. The third-order valence-electron chi connectivity index (χ3n) is 8.85. The van der Waals surface area contributed by atoms with Gasteiger partial charge < -0.3 is 14.2 Å². The first-order valence-corrected chi connectivity index (χ1v) is 16.6. The van der Waals surface area contributed by atoms with Gasteiger partial charge in [0.25, 0.3) is 0 Å². The molecule has 0 spiro atoms. The Hall–Kier alpha value is -4.50. The smallest absolute Gasteiger partial charge is 0.119 e. The summed E-state index contributed by atoms with van der Waals surface area (Å²) in [6, 6.07) is 34.7. The monoisotopic (exact) mass is 628 g/mol. The molecule has 0 aliphatic heterocycles. The predicted octanol–water partition coefficient (Wildman–Crippen LogP) is 11.4. The minimum atomic E-state index is -0.399. The topological polar surface area (TPSA) is 27.7 Å². The Kier molecular flexibility index (Phi) is 11.9. The minimum absolute atomic E-state index is 0.179. The molecule has 3 nitrogen and oxygen atoms in total. The van der Waals surface area contributed by atoms with Crippen LogP contribution >= 0.6 is 0 Å². The van der Waals surface area contributed by atoms with Gasteiger partial charge in [-0.05, 0) is 131 Å². The lowest BCUT2D eigenvalue weighted by atomic mass is 9.70. The first-order chi connectivity index (χ1) is 22.4. The van der Waals surface area contributed by atoms with Crippen LogP contribution in [0.1, 0.15) is 90.1 Å². The van der Waals surface area contributed by atoms with Crippen molar-refractivity contribution < 1.29 is 14.2 Å². The van der Waals surface area contributed by atoms with E-state index in [9.17, 15) is 0 Å². The van der Waals surface area contributed by atoms with E-state index in [0.717, 1.165) is 17.2 Å². The van der Waals surface area contributed by atoms with Crippen LogP contribution in [0.2, 0.25) is 0 Å². The number of allylic oxidation sites excluding steroid dienone is 3. The zero-order valence-electron chi connectivity index (χ0n) is 29.8. The fourth-order valence-corrected chi connectivity index (χ4v) is 5.54. The second-order valence-corrected chi connectivity index (χ2v) is 13.7. The Morgan fingerprint density at radius 2 is 0.638 bits per heavy atom. The second-order valence-electron chi connectivity index (χ2n) is 13.7. The maximum atomic E-state index is 5.99. The molecule has 0 saturated carbocycles. The molecule has 0 aliphatic rings. The van der Waals surface area contributed by atoms with Crippen LogP contribution in [0.4, 0.5) is 0 Å². The SMILES string of the molecule is CC(C)=CCOc1ccc(C(C)(C)c2ccc(C(C)(c3ccc(OCC=C(C)C)cc3)c3ccc(OCC=C(C)C)cc3)cc2)cc1. The van der Waals surface area contributed by atoms with Crippen LogP contribution in [-0.2, 0) is 10.8 Å². The van der Waals surface area contributed by atoms with E-state index in [1.54, 1.807) is 0 Å². The number of hydrogen-bond donors (Lipinski definition) is 0. The van der Waals surface area contributed by atoms with Gasteiger partial charge in [0.15, 0.2) is 0 Å². The van der Waals surface area contributed by atoms with E-state index in [2.05, 4.69) is 178 Å². The summed E-state index contributed by atoms with van der Waals surface area (Å²) in [5, 5.41) is 0. The second kappa shape index (κ2) is 15.9. The molecule has 0 saturated heterocycles. The molecule has 0 heterocycles. The normalized spacial score (nSPS) is 11.3. The summed E-state index contributed by atoms with van der Waals surface area (Å²) >= 11 is 0. The van der Waals surface area contributed by atoms with Crippen LogP contribution in [0.15, 0.2) is 132 Å². The van der Waals surface area contributed by atoms with Gasteiger partial charge in [-0.25, -0.2) is 0 Å². The maximum Gasteiger partial charge on any atom is 0.119 e. The molecule has 0 unspecified atom stereocenters. The number of ether oxygens (including phenoxy) is 3. The van der Waals surface area contributed by atoms with Crippen LogP contribution in [0, 0.1) is 0 Å². The highest BCUT2D eigenvalue weighted by Gasteiger charge is 2.32. The summed E-state index contributed by atoms with van der Waals surface area (Å²) in [6.07, 6.45) is 6.28. The van der Waals surface area contributed by atoms with Crippen molar-refractivity contribution in [3.8, 4) is 17.2 Å². The average Bonchev–Trinajstić information content (AvgIpc) is 3.05. The Morgan fingerprint density at radius 1 is 0.404 bits per heavy atom. The zero-order valence-corrected chi connectivity index (χ0v) is 29.8. The van der Waals surface area contributed by atoms with E-state index < -0.39 is 5.41 Å². The third kappa shape index (κ3) is 9.29. The van der Waals surface area contributed by atoms with Gasteiger partial charge in [0, 0.05) is 10.8 Å². The molecular formula is C44H52O3. The van der Waals surface area contributed by atoms with Gasteiger partial charge in [-0.1, -0.05) is 91.2 Å². The molecule has 3 heteroatoms. The summed E-state index contributed by atoms with van der Waals surface area (Å²) in [5.74, 6) is 2.61. The van der Waals surface area contributed by atoms with Crippen molar-refractivity contribution in [1.82, 2.24) is 0 Å². The Morgan fingerprint density at radius 3 is 0.915 bits per heavy atom. The summed E-state index contributed by atoms with van der Waals surface area (Å²) in [6.45, 7) is 21.1. The first kappa shape index (κ1) is 35.4. The van der Waals surface area contributed by atoms with Gasteiger partial charge >= 0.3 is 0 Å². The van der Waals surface area contributed by atoms with Gasteiger partial charge in [0.2, 0.25) is 0 Å². The molecule has 0 bridgehead atoms. The fraction of sp³-hybridized carbons (Fsp3) is 0.318. The van der Waals surface area contributed by atoms with Crippen molar-refractivity contribution in [1.29, 1.82) is 0 Å². The first-order valence-electron chi connectivity index (χ1n) is 16.6. The van der Waals surface area contributed by atoms with Crippen LogP contribution in [0.25, 0.3) is 0 Å². The molecule has 4 rings (SSSR count). The van der Waals surface area contributed by atoms with E-state index in [1.165, 1.54) is 44.5 Å². The molecular weight excluding hydrogens is 576 g/mol. The van der Waals surface area contributed by atoms with Gasteiger partial charge in [-0.3, -0.25) is 0 Å². The average molecular weight is 629 g/mol. The molecule has 246 valence electrons. The van der Waals surface area contributed by atoms with Crippen molar-refractivity contribution in [3.63, 3.8) is 0 Å². The largest absolute Gasteiger partial charge is 0.490 e. The Bertz CT molecular complexity index is 1590. The van der Waals surface area contributed by atoms with E-state index in [4.69, 9.17) is 14.2 Å². The van der Waals surface area contributed by atoms with Crippen LogP contribution in [0.5, 0.6) is 17.2 Å². The highest BCUT2D eigenvalue weighted by Crippen LogP contribution is 2.41. The number of benzene rings is 4. The Balaban J connectivity index is 1.65. The molecule has 0 radical (unpaired) electrons. The summed E-state index contributed by atoms with van der Waals surface area (Å²) in [5.41, 5.74) is 9.28. The predicted molar refractivity (Wildman–Crippen MR) is 198 cm³/mol. The Labute approximate surface area is 283 Å². The van der Waals surface area contributed by atoms with Gasteiger partial charge in [0.1, 0.15) is 37.1 Å². The molecule has 0 aromatic heterocycles. The van der Waals surface area contributed by atoms with E-state index in [1.807, 2.05) is 0 Å². The fourth-order valence-electron chi connectivity index (χ4n) is 5.54. The molecule has 0 fully saturated rings. The van der Waals surface area contributed by atoms with Crippen LogP contribution in [-0.4, -0.2) is 19.8 Å². The minimum Gasteiger partial charge on any atom is -0.490 e. The van der Waals surface area contributed by atoms with Crippen molar-refractivity contribution in [2.24, 2.45) is 0 Å². The summed E-state index contributed by atoms with van der Waals surface area (Å²) in [7, 11) is 0. The molecule has 0 N–H and O–H groups in total. The van der Waals surface area contributed by atoms with Crippen molar-refractivity contribution in [3.05, 3.63) is 160 Å². The highest BCUT2D eigenvalue weighted by atomic mass is 16.5. The van der Waals surface area contributed by atoms with E-state index >= 15 is 0 Å². The van der Waals surface area contributed by atoms with E-state index in [-0.39, 0.29) is 5.41 Å². The lowest BCUT2D eigenvalue weighted by molar-refractivity contribution is 0.361. The van der Waals surface area contributed by atoms with Crippen molar-refractivity contribution in [2.75, 3.05) is 19.8 Å². The van der Waals surface area contributed by atoms with Crippen molar-refractivity contribution in [2.45, 2.75) is 73.1 Å². The molecule has 0 aliphatic carbocycles. The summed E-state index contributed by atoms with van der Waals surface area (Å²) in [4.78, 5) is 0. The van der Waals surface area contributed by atoms with Crippen LogP contribution in [0.3, 0.4) is 0 Å².